The van der Waals surface area contributed by atoms with E-state index < -0.39 is 0 Å². The number of ether oxygens (including phenoxy) is 1. The zero-order chi connectivity index (χ0) is 12.4. The molecule has 1 aromatic heterocycles. The lowest BCUT2D eigenvalue weighted by atomic mass is 10.3. The lowest BCUT2D eigenvalue weighted by Gasteiger charge is -2.14. The van der Waals surface area contributed by atoms with Crippen molar-refractivity contribution in [2.45, 2.75) is 0 Å². The Morgan fingerprint density at radius 1 is 1.47 bits per heavy atom. The van der Waals surface area contributed by atoms with Gasteiger partial charge in [0.15, 0.2) is 0 Å². The van der Waals surface area contributed by atoms with Gasteiger partial charge in [0, 0.05) is 19.8 Å². The van der Waals surface area contributed by atoms with Gasteiger partial charge in [0.2, 0.25) is 0 Å². The minimum Gasteiger partial charge on any atom is -0.466 e. The number of amides is 1. The Labute approximate surface area is 98.5 Å². The van der Waals surface area contributed by atoms with E-state index in [1.807, 2.05) is 0 Å². The maximum atomic E-state index is 12.0. The lowest BCUT2D eigenvalue weighted by Crippen LogP contribution is -2.29. The fraction of sp³-hybridized carbons (Fsp3) is 0.364. The molecule has 2 heterocycles. The third kappa shape index (κ3) is 2.20. The van der Waals surface area contributed by atoms with Crippen molar-refractivity contribution in [3.05, 3.63) is 29.6 Å². The first-order valence-electron chi connectivity index (χ1n) is 5.17. The molecule has 17 heavy (non-hydrogen) atoms. The topological polar surface area (TPSA) is 64.4 Å². The van der Waals surface area contributed by atoms with E-state index >= 15 is 0 Å². The van der Waals surface area contributed by atoms with Gasteiger partial charge in [-0.3, -0.25) is 9.48 Å². The van der Waals surface area contributed by atoms with Crippen LogP contribution >= 0.6 is 0 Å². The Balaban J connectivity index is 2.03. The van der Waals surface area contributed by atoms with Gasteiger partial charge in [-0.2, -0.15) is 5.10 Å². The molecule has 2 rings (SSSR count). The predicted molar refractivity (Wildman–Crippen MR) is 59.2 cm³/mol. The number of aromatic nitrogens is 2. The van der Waals surface area contributed by atoms with E-state index in [0.29, 0.717) is 24.2 Å². The summed E-state index contributed by atoms with van der Waals surface area (Å²) < 4.78 is 6.18. The maximum Gasteiger partial charge on any atom is 0.335 e. The number of carbonyl (C=O) groups excluding carboxylic acids is 2. The number of methoxy groups -OCH3 is 1. The Bertz CT molecular complexity index is 490. The molecule has 0 bridgehead atoms. The second kappa shape index (κ2) is 4.40. The van der Waals surface area contributed by atoms with Gasteiger partial charge in [-0.1, -0.05) is 6.08 Å². The van der Waals surface area contributed by atoms with Crippen LogP contribution in [0.5, 0.6) is 0 Å². The van der Waals surface area contributed by atoms with Crippen molar-refractivity contribution in [1.82, 2.24) is 14.7 Å². The van der Waals surface area contributed by atoms with Crippen molar-refractivity contribution in [2.75, 3.05) is 20.2 Å². The van der Waals surface area contributed by atoms with Gasteiger partial charge in [0.1, 0.15) is 0 Å². The normalized spacial score (nSPS) is 14.7. The summed E-state index contributed by atoms with van der Waals surface area (Å²) in [5, 5.41) is 3.94. The summed E-state index contributed by atoms with van der Waals surface area (Å²) in [7, 11) is 3.08. The van der Waals surface area contributed by atoms with Crippen LogP contribution in [0.1, 0.15) is 10.4 Å². The highest BCUT2D eigenvalue weighted by molar-refractivity contribution is 5.97. The molecule has 0 N–H and O–H groups in total. The third-order valence-corrected chi connectivity index (χ3v) is 2.61. The van der Waals surface area contributed by atoms with Crippen LogP contribution in [-0.4, -0.2) is 46.8 Å². The number of hydrogen-bond acceptors (Lipinski definition) is 4. The van der Waals surface area contributed by atoms with Crippen LogP contribution in [0.2, 0.25) is 0 Å². The van der Waals surface area contributed by atoms with Crippen LogP contribution < -0.4 is 0 Å². The first-order chi connectivity index (χ1) is 8.11. The highest BCUT2D eigenvalue weighted by Crippen LogP contribution is 2.13. The van der Waals surface area contributed by atoms with Gasteiger partial charge >= 0.3 is 5.97 Å². The fourth-order valence-electron chi connectivity index (χ4n) is 1.70. The average molecular weight is 235 g/mol. The number of carbonyl (C=O) groups is 2. The molecule has 0 unspecified atom stereocenters. The van der Waals surface area contributed by atoms with Gasteiger partial charge < -0.3 is 9.64 Å². The summed E-state index contributed by atoms with van der Waals surface area (Å²) in [5.41, 5.74) is 1.04. The second-order valence-corrected chi connectivity index (χ2v) is 3.81. The molecule has 0 fully saturated rings. The molecule has 6 nitrogen and oxygen atoms in total. The van der Waals surface area contributed by atoms with E-state index in [1.54, 1.807) is 28.9 Å². The summed E-state index contributed by atoms with van der Waals surface area (Å²) in [6, 6.07) is 0. The molecule has 1 aliphatic rings. The average Bonchev–Trinajstić information content (AvgIpc) is 2.95. The lowest BCUT2D eigenvalue weighted by molar-refractivity contribution is -0.136. The molecular formula is C11H13N3O3. The zero-order valence-electron chi connectivity index (χ0n) is 9.71. The number of rotatable bonds is 2. The van der Waals surface area contributed by atoms with E-state index in [-0.39, 0.29) is 11.9 Å². The van der Waals surface area contributed by atoms with Crippen molar-refractivity contribution < 1.29 is 14.3 Å². The number of aryl methyl sites for hydroxylation is 1. The van der Waals surface area contributed by atoms with Gasteiger partial charge in [-0.05, 0) is 0 Å². The first kappa shape index (κ1) is 11.4. The van der Waals surface area contributed by atoms with E-state index in [9.17, 15) is 9.59 Å². The van der Waals surface area contributed by atoms with E-state index in [4.69, 9.17) is 0 Å². The molecule has 90 valence electrons. The summed E-state index contributed by atoms with van der Waals surface area (Å²) in [5.74, 6) is -0.514. The molecule has 0 saturated heterocycles. The summed E-state index contributed by atoms with van der Waals surface area (Å²) in [6.07, 6.45) is 4.87. The predicted octanol–water partition coefficient (Wildman–Crippen LogP) is -0.0247. The zero-order valence-corrected chi connectivity index (χ0v) is 9.71. The van der Waals surface area contributed by atoms with Crippen LogP contribution in [-0.2, 0) is 16.6 Å². The van der Waals surface area contributed by atoms with Crippen LogP contribution in [0.25, 0.3) is 0 Å². The van der Waals surface area contributed by atoms with E-state index in [0.717, 1.165) is 0 Å². The molecule has 0 spiro atoms. The summed E-state index contributed by atoms with van der Waals surface area (Å²) in [6.45, 7) is 0.721. The van der Waals surface area contributed by atoms with Crippen LogP contribution in [0.3, 0.4) is 0 Å². The Morgan fingerprint density at radius 3 is 2.82 bits per heavy atom. The number of nitrogens with zero attached hydrogens (tertiary/aromatic N) is 3. The van der Waals surface area contributed by atoms with Crippen molar-refractivity contribution in [3.8, 4) is 0 Å². The van der Waals surface area contributed by atoms with E-state index in [2.05, 4.69) is 9.84 Å². The number of esters is 1. The molecular weight excluding hydrogens is 222 g/mol. The highest BCUT2D eigenvalue weighted by Gasteiger charge is 2.25. The number of hydrogen-bond donors (Lipinski definition) is 0. The minimum absolute atomic E-state index is 0.131. The van der Waals surface area contributed by atoms with Crippen LogP contribution in [0.4, 0.5) is 0 Å². The Morgan fingerprint density at radius 2 is 2.24 bits per heavy atom. The van der Waals surface area contributed by atoms with Gasteiger partial charge in [-0.15, -0.1) is 0 Å². The van der Waals surface area contributed by atoms with E-state index in [1.165, 1.54) is 13.3 Å². The van der Waals surface area contributed by atoms with Gasteiger partial charge in [0.25, 0.3) is 5.91 Å². The first-order valence-corrected chi connectivity index (χ1v) is 5.17. The second-order valence-electron chi connectivity index (χ2n) is 3.81. The highest BCUT2D eigenvalue weighted by atomic mass is 16.5. The molecule has 0 saturated carbocycles. The van der Waals surface area contributed by atoms with Crippen molar-refractivity contribution in [3.63, 3.8) is 0 Å². The van der Waals surface area contributed by atoms with Gasteiger partial charge in [0.05, 0.1) is 31.0 Å². The molecule has 6 heteroatoms. The largest absolute Gasteiger partial charge is 0.466 e. The van der Waals surface area contributed by atoms with Gasteiger partial charge in [-0.25, -0.2) is 4.79 Å². The van der Waals surface area contributed by atoms with Crippen molar-refractivity contribution in [1.29, 1.82) is 0 Å². The molecule has 1 aromatic rings. The molecule has 0 radical (unpaired) electrons. The van der Waals surface area contributed by atoms with Crippen molar-refractivity contribution >= 4 is 11.9 Å². The summed E-state index contributed by atoms with van der Waals surface area (Å²) in [4.78, 5) is 24.9. The fourth-order valence-corrected chi connectivity index (χ4v) is 1.70. The Hall–Kier alpha value is -2.11. The van der Waals surface area contributed by atoms with Crippen LogP contribution in [0, 0.1) is 0 Å². The quantitative estimate of drug-likeness (QED) is 0.675. The van der Waals surface area contributed by atoms with Crippen LogP contribution in [0.15, 0.2) is 24.0 Å². The SMILES string of the molecule is COC(=O)C1=CCN(C(=O)c2cnn(C)c2)C1. The molecule has 0 atom stereocenters. The minimum atomic E-state index is -0.383. The Kier molecular flexibility index (Phi) is 2.95. The summed E-state index contributed by atoms with van der Waals surface area (Å²) >= 11 is 0. The van der Waals surface area contributed by atoms with Crippen molar-refractivity contribution in [2.24, 2.45) is 7.05 Å². The maximum absolute atomic E-state index is 12.0. The smallest absolute Gasteiger partial charge is 0.335 e. The molecule has 1 aliphatic heterocycles. The molecule has 0 aliphatic carbocycles. The standard InChI is InChI=1S/C11H13N3O3/c1-13-6-9(5-12-13)10(15)14-4-3-8(7-14)11(16)17-2/h3,5-6H,4,7H2,1-2H3. The molecule has 0 aromatic carbocycles. The molecule has 1 amide bonds. The monoisotopic (exact) mass is 235 g/mol. The third-order valence-electron chi connectivity index (χ3n) is 2.61.